The van der Waals surface area contributed by atoms with E-state index in [0.717, 1.165) is 28.8 Å². The highest BCUT2D eigenvalue weighted by Crippen LogP contribution is 2.27. The second kappa shape index (κ2) is 4.50. The van der Waals surface area contributed by atoms with Crippen LogP contribution >= 0.6 is 0 Å². The van der Waals surface area contributed by atoms with E-state index in [1.54, 1.807) is 6.33 Å². The van der Waals surface area contributed by atoms with Crippen LogP contribution in [0.1, 0.15) is 12.5 Å². The number of amides is 1. The van der Waals surface area contributed by atoms with Crippen molar-refractivity contribution in [2.24, 2.45) is 0 Å². The molecule has 0 atom stereocenters. The normalized spacial score (nSPS) is 15.6. The van der Waals surface area contributed by atoms with E-state index >= 15 is 0 Å². The van der Waals surface area contributed by atoms with Crippen LogP contribution in [0.25, 0.3) is 10.9 Å². The van der Waals surface area contributed by atoms with Crippen molar-refractivity contribution in [3.63, 3.8) is 0 Å². The zero-order chi connectivity index (χ0) is 13.4. The van der Waals surface area contributed by atoms with Crippen LogP contribution in [0, 0.1) is 6.92 Å². The summed E-state index contributed by atoms with van der Waals surface area (Å²) in [5, 5.41) is 1.04. The molecular formula is C14H16N4O. The number of fused-ring (bicyclic) bond motifs is 1. The average molecular weight is 256 g/mol. The van der Waals surface area contributed by atoms with Gasteiger partial charge in [-0.25, -0.2) is 9.97 Å². The Morgan fingerprint density at radius 3 is 2.89 bits per heavy atom. The number of benzene rings is 1. The van der Waals surface area contributed by atoms with E-state index in [1.807, 2.05) is 41.8 Å². The summed E-state index contributed by atoms with van der Waals surface area (Å²) in [5.74, 6) is 1.01. The average Bonchev–Trinajstić information content (AvgIpc) is 2.79. The van der Waals surface area contributed by atoms with Crippen molar-refractivity contribution in [2.75, 3.05) is 24.7 Å². The highest BCUT2D eigenvalue weighted by atomic mass is 16.2. The molecule has 98 valence electrons. The number of likely N-dealkylation sites (N-methyl/N-ethyl adjacent to an activating group) is 1. The van der Waals surface area contributed by atoms with Crippen molar-refractivity contribution in [2.45, 2.75) is 13.8 Å². The van der Waals surface area contributed by atoms with Crippen LogP contribution in [0.2, 0.25) is 0 Å². The van der Waals surface area contributed by atoms with E-state index in [4.69, 9.17) is 0 Å². The molecule has 0 saturated carbocycles. The van der Waals surface area contributed by atoms with Gasteiger partial charge >= 0.3 is 0 Å². The smallest absolute Gasteiger partial charge is 0.243 e. The number of rotatable bonds is 2. The van der Waals surface area contributed by atoms with Crippen LogP contribution in [0.3, 0.4) is 0 Å². The molecule has 3 rings (SSSR count). The first-order chi connectivity index (χ1) is 9.20. The van der Waals surface area contributed by atoms with Gasteiger partial charge in [0.15, 0.2) is 0 Å². The van der Waals surface area contributed by atoms with Crippen LogP contribution in [0.5, 0.6) is 0 Å². The van der Waals surface area contributed by atoms with Crippen LogP contribution < -0.4 is 4.90 Å². The van der Waals surface area contributed by atoms with Crippen LogP contribution in [0.15, 0.2) is 24.5 Å². The number of hydrogen-bond acceptors (Lipinski definition) is 4. The van der Waals surface area contributed by atoms with Gasteiger partial charge in [-0.2, -0.15) is 0 Å². The Kier molecular flexibility index (Phi) is 2.81. The van der Waals surface area contributed by atoms with Gasteiger partial charge in [0.05, 0.1) is 12.2 Å². The molecule has 0 aliphatic carbocycles. The quantitative estimate of drug-likeness (QED) is 0.818. The van der Waals surface area contributed by atoms with Crippen molar-refractivity contribution in [1.29, 1.82) is 0 Å². The molecule has 0 unspecified atom stereocenters. The Morgan fingerprint density at radius 1 is 1.32 bits per heavy atom. The molecule has 1 aliphatic rings. The molecule has 0 radical (unpaired) electrons. The molecule has 1 aliphatic heterocycles. The largest absolute Gasteiger partial charge is 0.329 e. The van der Waals surface area contributed by atoms with Crippen molar-refractivity contribution in [3.8, 4) is 0 Å². The summed E-state index contributed by atoms with van der Waals surface area (Å²) in [6, 6.07) is 6.01. The molecule has 0 bridgehead atoms. The molecule has 19 heavy (non-hydrogen) atoms. The maximum absolute atomic E-state index is 11.9. The summed E-state index contributed by atoms with van der Waals surface area (Å²) < 4.78 is 0. The van der Waals surface area contributed by atoms with Gasteiger partial charge in [0.2, 0.25) is 5.91 Å². The van der Waals surface area contributed by atoms with Crippen molar-refractivity contribution >= 4 is 22.6 Å². The summed E-state index contributed by atoms with van der Waals surface area (Å²) in [7, 11) is 0. The number of aromatic nitrogens is 2. The third-order valence-electron chi connectivity index (χ3n) is 3.55. The molecule has 1 fully saturated rings. The standard InChI is InChI=1S/C14H16N4O/c1-3-17-9-18(7-12(17)19)14-13-10(2)5-4-6-11(13)15-8-16-14/h4-6,8H,3,7,9H2,1-2H3. The fourth-order valence-electron chi connectivity index (χ4n) is 2.52. The fourth-order valence-corrected chi connectivity index (χ4v) is 2.52. The van der Waals surface area contributed by atoms with E-state index in [0.29, 0.717) is 13.2 Å². The Labute approximate surface area is 111 Å². The third kappa shape index (κ3) is 1.91. The van der Waals surface area contributed by atoms with Gasteiger partial charge in [-0.05, 0) is 25.5 Å². The van der Waals surface area contributed by atoms with Gasteiger partial charge in [-0.3, -0.25) is 4.79 Å². The van der Waals surface area contributed by atoms with Crippen LogP contribution in [-0.4, -0.2) is 40.5 Å². The van der Waals surface area contributed by atoms with E-state index in [1.165, 1.54) is 0 Å². The van der Waals surface area contributed by atoms with Gasteiger partial charge in [0.25, 0.3) is 0 Å². The summed E-state index contributed by atoms with van der Waals surface area (Å²) in [5.41, 5.74) is 2.06. The monoisotopic (exact) mass is 256 g/mol. The van der Waals surface area contributed by atoms with E-state index in [2.05, 4.69) is 9.97 Å². The molecule has 1 aromatic heterocycles. The second-order valence-corrected chi connectivity index (χ2v) is 4.76. The highest BCUT2D eigenvalue weighted by Gasteiger charge is 2.28. The molecule has 2 aromatic rings. The molecule has 0 N–H and O–H groups in total. The molecule has 0 spiro atoms. The zero-order valence-corrected chi connectivity index (χ0v) is 11.1. The van der Waals surface area contributed by atoms with Crippen molar-refractivity contribution < 1.29 is 4.79 Å². The maximum Gasteiger partial charge on any atom is 0.243 e. The fraction of sp³-hybridized carbons (Fsp3) is 0.357. The number of carbonyl (C=O) groups excluding carboxylic acids is 1. The minimum Gasteiger partial charge on any atom is -0.329 e. The van der Waals surface area contributed by atoms with Crippen LogP contribution in [-0.2, 0) is 4.79 Å². The molecule has 5 nitrogen and oxygen atoms in total. The lowest BCUT2D eigenvalue weighted by Crippen LogP contribution is -2.27. The predicted molar refractivity (Wildman–Crippen MR) is 73.9 cm³/mol. The van der Waals surface area contributed by atoms with Crippen molar-refractivity contribution in [1.82, 2.24) is 14.9 Å². The van der Waals surface area contributed by atoms with E-state index < -0.39 is 0 Å². The van der Waals surface area contributed by atoms with Gasteiger partial charge in [0.1, 0.15) is 18.7 Å². The van der Waals surface area contributed by atoms with Gasteiger partial charge in [-0.15, -0.1) is 0 Å². The molecular weight excluding hydrogens is 240 g/mol. The Balaban J connectivity index is 2.09. The zero-order valence-electron chi connectivity index (χ0n) is 11.1. The lowest BCUT2D eigenvalue weighted by Gasteiger charge is -2.19. The lowest BCUT2D eigenvalue weighted by molar-refractivity contribution is -0.126. The number of aryl methyl sites for hydroxylation is 1. The van der Waals surface area contributed by atoms with Crippen LogP contribution in [0.4, 0.5) is 5.82 Å². The van der Waals surface area contributed by atoms with Gasteiger partial charge in [-0.1, -0.05) is 12.1 Å². The first-order valence-electron chi connectivity index (χ1n) is 6.43. The molecule has 2 heterocycles. The summed E-state index contributed by atoms with van der Waals surface area (Å²) >= 11 is 0. The molecule has 1 aromatic carbocycles. The lowest BCUT2D eigenvalue weighted by atomic mass is 10.1. The Hall–Kier alpha value is -2.17. The summed E-state index contributed by atoms with van der Waals surface area (Å²) in [6.45, 7) is 5.77. The van der Waals surface area contributed by atoms with Gasteiger partial charge < -0.3 is 9.80 Å². The molecule has 1 saturated heterocycles. The van der Waals surface area contributed by atoms with E-state index in [-0.39, 0.29) is 5.91 Å². The molecule has 5 heteroatoms. The topological polar surface area (TPSA) is 49.3 Å². The number of hydrogen-bond donors (Lipinski definition) is 0. The number of anilines is 1. The first kappa shape index (κ1) is 11.9. The van der Waals surface area contributed by atoms with E-state index in [9.17, 15) is 4.79 Å². The predicted octanol–water partition coefficient (Wildman–Crippen LogP) is 1.56. The molecule has 1 amide bonds. The third-order valence-corrected chi connectivity index (χ3v) is 3.55. The van der Waals surface area contributed by atoms with Gasteiger partial charge in [0, 0.05) is 11.9 Å². The maximum atomic E-state index is 11.9. The summed E-state index contributed by atoms with van der Waals surface area (Å²) in [4.78, 5) is 24.4. The minimum absolute atomic E-state index is 0.155. The number of carbonyl (C=O) groups is 1. The minimum atomic E-state index is 0.155. The first-order valence-corrected chi connectivity index (χ1v) is 6.43. The Bertz CT molecular complexity index is 635. The number of nitrogens with zero attached hydrogens (tertiary/aromatic N) is 4. The Morgan fingerprint density at radius 2 is 2.16 bits per heavy atom. The summed E-state index contributed by atoms with van der Waals surface area (Å²) in [6.07, 6.45) is 1.57. The SMILES string of the molecule is CCN1CN(c2ncnc3cccc(C)c23)CC1=O. The second-order valence-electron chi connectivity index (χ2n) is 4.76. The van der Waals surface area contributed by atoms with Crippen molar-refractivity contribution in [3.05, 3.63) is 30.1 Å². The highest BCUT2D eigenvalue weighted by molar-refractivity contribution is 5.95.